The van der Waals surface area contributed by atoms with Crippen LogP contribution in [0.2, 0.25) is 0 Å². The van der Waals surface area contributed by atoms with E-state index < -0.39 is 5.97 Å². The first-order valence-electron chi connectivity index (χ1n) is 7.53. The van der Waals surface area contributed by atoms with Gasteiger partial charge in [-0.25, -0.2) is 4.79 Å². The molecular weight excluding hydrogens is 296 g/mol. The highest BCUT2D eigenvalue weighted by Gasteiger charge is 2.16. The third-order valence-corrected chi connectivity index (χ3v) is 3.05. The standard InChI is InChI=1S/C17H24N2O4/c1-17(2,3)10-14(20)19-11-15(21)18-8-7-12-5-4-6-13(9-12)16(22)23/h4-6,9H,7-8,10-11H2,1-3H3,(H,18,21)(H,19,20)(H,22,23). The van der Waals surface area contributed by atoms with Gasteiger partial charge < -0.3 is 15.7 Å². The van der Waals surface area contributed by atoms with Crippen molar-refractivity contribution >= 4 is 17.8 Å². The van der Waals surface area contributed by atoms with E-state index in [1.54, 1.807) is 12.1 Å². The van der Waals surface area contributed by atoms with E-state index >= 15 is 0 Å². The number of carbonyl (C=O) groups is 3. The molecule has 2 amide bonds. The maximum Gasteiger partial charge on any atom is 0.335 e. The summed E-state index contributed by atoms with van der Waals surface area (Å²) in [6, 6.07) is 6.59. The van der Waals surface area contributed by atoms with Gasteiger partial charge in [-0.15, -0.1) is 0 Å². The van der Waals surface area contributed by atoms with E-state index in [1.807, 2.05) is 26.8 Å². The monoisotopic (exact) mass is 320 g/mol. The Balaban J connectivity index is 2.30. The van der Waals surface area contributed by atoms with Crippen LogP contribution in [0.5, 0.6) is 0 Å². The molecule has 1 rings (SSSR count). The predicted octanol–water partition coefficient (Wildman–Crippen LogP) is 1.60. The summed E-state index contributed by atoms with van der Waals surface area (Å²) in [4.78, 5) is 34.1. The van der Waals surface area contributed by atoms with Gasteiger partial charge in [-0.3, -0.25) is 9.59 Å². The Bertz CT molecular complexity index is 576. The number of amides is 2. The highest BCUT2D eigenvalue weighted by molar-refractivity contribution is 5.87. The lowest BCUT2D eigenvalue weighted by Gasteiger charge is -2.17. The van der Waals surface area contributed by atoms with E-state index in [-0.39, 0.29) is 29.3 Å². The highest BCUT2D eigenvalue weighted by atomic mass is 16.4. The summed E-state index contributed by atoms with van der Waals surface area (Å²) in [6.45, 7) is 6.20. The van der Waals surface area contributed by atoms with Crippen LogP contribution < -0.4 is 10.6 Å². The number of nitrogens with one attached hydrogen (secondary N) is 2. The van der Waals surface area contributed by atoms with Gasteiger partial charge in [0.25, 0.3) is 0 Å². The third kappa shape index (κ3) is 7.99. The summed E-state index contributed by atoms with van der Waals surface area (Å²) in [7, 11) is 0. The first-order valence-corrected chi connectivity index (χ1v) is 7.53. The smallest absolute Gasteiger partial charge is 0.335 e. The van der Waals surface area contributed by atoms with Gasteiger partial charge in [0.05, 0.1) is 12.1 Å². The number of hydrogen-bond acceptors (Lipinski definition) is 3. The second kappa shape index (κ2) is 8.31. The first kappa shape index (κ1) is 18.7. The normalized spacial score (nSPS) is 10.9. The summed E-state index contributed by atoms with van der Waals surface area (Å²) < 4.78 is 0. The summed E-state index contributed by atoms with van der Waals surface area (Å²) in [5, 5.41) is 14.2. The molecule has 0 aliphatic rings. The number of carboxylic acid groups (broad SMARTS) is 1. The molecule has 0 spiro atoms. The van der Waals surface area contributed by atoms with E-state index in [0.717, 1.165) is 5.56 Å². The molecular formula is C17H24N2O4. The van der Waals surface area contributed by atoms with Crippen LogP contribution in [0.1, 0.15) is 43.1 Å². The molecule has 0 aliphatic heterocycles. The molecule has 6 nitrogen and oxygen atoms in total. The van der Waals surface area contributed by atoms with Crippen LogP contribution in [0, 0.1) is 5.41 Å². The zero-order valence-electron chi connectivity index (χ0n) is 13.8. The topological polar surface area (TPSA) is 95.5 Å². The van der Waals surface area contributed by atoms with Crippen molar-refractivity contribution in [3.05, 3.63) is 35.4 Å². The molecule has 0 heterocycles. The van der Waals surface area contributed by atoms with Gasteiger partial charge in [0.2, 0.25) is 11.8 Å². The highest BCUT2D eigenvalue weighted by Crippen LogP contribution is 2.17. The van der Waals surface area contributed by atoms with Crippen molar-refractivity contribution in [2.75, 3.05) is 13.1 Å². The molecule has 1 aromatic carbocycles. The van der Waals surface area contributed by atoms with Crippen molar-refractivity contribution < 1.29 is 19.5 Å². The largest absolute Gasteiger partial charge is 0.478 e. The molecule has 6 heteroatoms. The molecule has 3 N–H and O–H groups in total. The van der Waals surface area contributed by atoms with Crippen LogP contribution in [0.4, 0.5) is 0 Å². The molecule has 0 aromatic heterocycles. The van der Waals surface area contributed by atoms with Gasteiger partial charge in [0.15, 0.2) is 0 Å². The molecule has 0 unspecified atom stereocenters. The third-order valence-electron chi connectivity index (χ3n) is 3.05. The fourth-order valence-electron chi connectivity index (χ4n) is 1.99. The van der Waals surface area contributed by atoms with Gasteiger partial charge in [-0.1, -0.05) is 32.9 Å². The fourth-order valence-corrected chi connectivity index (χ4v) is 1.99. The lowest BCUT2D eigenvalue weighted by Crippen LogP contribution is -2.38. The van der Waals surface area contributed by atoms with Gasteiger partial charge in [0, 0.05) is 13.0 Å². The summed E-state index contributed by atoms with van der Waals surface area (Å²) in [6.07, 6.45) is 0.894. The number of aromatic carboxylic acids is 1. The van der Waals surface area contributed by atoms with Gasteiger partial charge in [0.1, 0.15) is 0 Å². The summed E-state index contributed by atoms with van der Waals surface area (Å²) in [5.74, 6) is -1.39. The first-order chi connectivity index (χ1) is 10.7. The number of rotatable bonds is 7. The van der Waals surface area contributed by atoms with Gasteiger partial charge in [-0.2, -0.15) is 0 Å². The molecule has 23 heavy (non-hydrogen) atoms. The van der Waals surface area contributed by atoms with Crippen LogP contribution in [0.3, 0.4) is 0 Å². The van der Waals surface area contributed by atoms with Crippen molar-refractivity contribution in [3.8, 4) is 0 Å². The van der Waals surface area contributed by atoms with E-state index in [0.29, 0.717) is 19.4 Å². The predicted molar refractivity (Wildman–Crippen MR) is 87.2 cm³/mol. The number of hydrogen-bond donors (Lipinski definition) is 3. The van der Waals surface area contributed by atoms with Crippen LogP contribution in [0.15, 0.2) is 24.3 Å². The number of benzene rings is 1. The van der Waals surface area contributed by atoms with Crippen molar-refractivity contribution in [3.63, 3.8) is 0 Å². The average Bonchev–Trinajstić information content (AvgIpc) is 2.43. The maximum absolute atomic E-state index is 11.7. The van der Waals surface area contributed by atoms with E-state index in [4.69, 9.17) is 5.11 Å². The SMILES string of the molecule is CC(C)(C)CC(=O)NCC(=O)NCCc1cccc(C(=O)O)c1. The van der Waals surface area contributed by atoms with Crippen molar-refractivity contribution in [2.24, 2.45) is 5.41 Å². The molecule has 0 atom stereocenters. The Kier molecular flexibility index (Phi) is 6.75. The lowest BCUT2D eigenvalue weighted by atomic mass is 9.92. The summed E-state index contributed by atoms with van der Waals surface area (Å²) >= 11 is 0. The zero-order chi connectivity index (χ0) is 17.5. The van der Waals surface area contributed by atoms with Crippen molar-refractivity contribution in [2.45, 2.75) is 33.6 Å². The Hall–Kier alpha value is -2.37. The minimum absolute atomic E-state index is 0.0515. The molecule has 0 fully saturated rings. The number of carbonyl (C=O) groups excluding carboxylic acids is 2. The Labute approximate surface area is 136 Å². The van der Waals surface area contributed by atoms with Crippen molar-refractivity contribution in [1.29, 1.82) is 0 Å². The molecule has 0 radical (unpaired) electrons. The second-order valence-electron chi connectivity index (χ2n) is 6.62. The Morgan fingerprint density at radius 3 is 2.39 bits per heavy atom. The van der Waals surface area contributed by atoms with Gasteiger partial charge in [-0.05, 0) is 29.5 Å². The lowest BCUT2D eigenvalue weighted by molar-refractivity contribution is -0.127. The summed E-state index contributed by atoms with van der Waals surface area (Å²) in [5.41, 5.74) is 0.945. The minimum atomic E-state index is -0.975. The van der Waals surface area contributed by atoms with Crippen molar-refractivity contribution in [1.82, 2.24) is 10.6 Å². The Morgan fingerprint density at radius 2 is 1.78 bits per heavy atom. The molecule has 0 saturated heterocycles. The maximum atomic E-state index is 11.7. The van der Waals surface area contributed by atoms with Crippen LogP contribution in [-0.4, -0.2) is 36.0 Å². The minimum Gasteiger partial charge on any atom is -0.478 e. The number of carboxylic acids is 1. The van der Waals surface area contributed by atoms with E-state index in [2.05, 4.69) is 10.6 Å². The van der Waals surface area contributed by atoms with Crippen LogP contribution >= 0.6 is 0 Å². The fraction of sp³-hybridized carbons (Fsp3) is 0.471. The molecule has 0 bridgehead atoms. The average molecular weight is 320 g/mol. The van der Waals surface area contributed by atoms with Crippen LogP contribution in [-0.2, 0) is 16.0 Å². The van der Waals surface area contributed by atoms with E-state index in [9.17, 15) is 14.4 Å². The Morgan fingerprint density at radius 1 is 1.09 bits per heavy atom. The van der Waals surface area contributed by atoms with E-state index in [1.165, 1.54) is 6.07 Å². The molecule has 126 valence electrons. The van der Waals surface area contributed by atoms with Crippen LogP contribution in [0.25, 0.3) is 0 Å². The quantitative estimate of drug-likeness (QED) is 0.711. The zero-order valence-corrected chi connectivity index (χ0v) is 13.8. The second-order valence-corrected chi connectivity index (χ2v) is 6.62. The molecule has 1 aromatic rings. The van der Waals surface area contributed by atoms with Gasteiger partial charge >= 0.3 is 5.97 Å². The molecule has 0 saturated carbocycles. The molecule has 0 aliphatic carbocycles.